The summed E-state index contributed by atoms with van der Waals surface area (Å²) in [6, 6.07) is 9.58. The summed E-state index contributed by atoms with van der Waals surface area (Å²) in [5.41, 5.74) is 4.53. The molecular weight excluding hydrogens is 342 g/mol. The highest BCUT2D eigenvalue weighted by atomic mass is 79.9. The Kier molecular flexibility index (Phi) is 5.15. The minimum Gasteiger partial charge on any atom is -0.306 e. The fraction of sp³-hybridized carbons (Fsp3) is 0.444. The van der Waals surface area contributed by atoms with Crippen LogP contribution in [0.15, 0.2) is 34.1 Å². The molecule has 1 aromatic heterocycles. The Bertz CT molecular complexity index is 605. The summed E-state index contributed by atoms with van der Waals surface area (Å²) < 4.78 is 1.22. The van der Waals surface area contributed by atoms with Crippen molar-refractivity contribution >= 4 is 27.3 Å². The van der Waals surface area contributed by atoms with E-state index in [-0.39, 0.29) is 0 Å². The Morgan fingerprint density at radius 2 is 2.00 bits per heavy atom. The highest BCUT2D eigenvalue weighted by Gasteiger charge is 2.19. The van der Waals surface area contributed by atoms with Gasteiger partial charge in [-0.25, -0.2) is 0 Å². The van der Waals surface area contributed by atoms with Crippen LogP contribution in [0.2, 0.25) is 0 Å². The van der Waals surface area contributed by atoms with E-state index >= 15 is 0 Å². The predicted octanol–water partition coefficient (Wildman–Crippen LogP) is 5.48. The topological polar surface area (TPSA) is 12.0 Å². The lowest BCUT2D eigenvalue weighted by molar-refractivity contribution is 0.601. The fourth-order valence-electron chi connectivity index (χ4n) is 3.09. The number of thiophene rings is 1. The van der Waals surface area contributed by atoms with Crippen molar-refractivity contribution in [3.8, 4) is 0 Å². The summed E-state index contributed by atoms with van der Waals surface area (Å²) in [7, 11) is 0. The van der Waals surface area contributed by atoms with Crippen LogP contribution in [0.5, 0.6) is 0 Å². The monoisotopic (exact) mass is 363 g/mol. The molecule has 2 aromatic rings. The average molecular weight is 364 g/mol. The van der Waals surface area contributed by atoms with Crippen molar-refractivity contribution in [1.82, 2.24) is 5.32 Å². The number of halogens is 1. The van der Waals surface area contributed by atoms with Gasteiger partial charge < -0.3 is 5.32 Å². The van der Waals surface area contributed by atoms with Crippen LogP contribution in [-0.4, -0.2) is 6.54 Å². The summed E-state index contributed by atoms with van der Waals surface area (Å²) in [4.78, 5) is 1.39. The van der Waals surface area contributed by atoms with Crippen LogP contribution in [0.3, 0.4) is 0 Å². The second-order valence-corrected chi connectivity index (χ2v) is 7.56. The van der Waals surface area contributed by atoms with Gasteiger partial charge in [0.1, 0.15) is 0 Å². The highest BCUT2D eigenvalue weighted by Crippen LogP contribution is 2.34. The maximum absolute atomic E-state index is 3.72. The summed E-state index contributed by atoms with van der Waals surface area (Å²) in [6.45, 7) is 3.27. The van der Waals surface area contributed by atoms with Crippen molar-refractivity contribution in [3.05, 3.63) is 55.7 Å². The van der Waals surface area contributed by atoms with Gasteiger partial charge >= 0.3 is 0 Å². The van der Waals surface area contributed by atoms with Gasteiger partial charge in [-0.05, 0) is 82.7 Å². The van der Waals surface area contributed by atoms with Crippen molar-refractivity contribution in [2.45, 2.75) is 45.1 Å². The molecule has 112 valence electrons. The van der Waals surface area contributed by atoms with E-state index in [9.17, 15) is 0 Å². The average Bonchev–Trinajstić information content (AvgIpc) is 2.94. The lowest BCUT2D eigenvalue weighted by Crippen LogP contribution is -2.23. The Hall–Kier alpha value is -0.640. The Morgan fingerprint density at radius 3 is 2.71 bits per heavy atom. The molecule has 1 heterocycles. The summed E-state index contributed by atoms with van der Waals surface area (Å²) in [5.74, 6) is 0. The number of fused-ring (bicyclic) bond motifs is 1. The molecule has 1 N–H and O–H groups in total. The van der Waals surface area contributed by atoms with E-state index in [2.05, 4.69) is 57.8 Å². The number of hydrogen-bond acceptors (Lipinski definition) is 2. The van der Waals surface area contributed by atoms with Crippen LogP contribution in [-0.2, 0) is 12.8 Å². The van der Waals surface area contributed by atoms with E-state index < -0.39 is 0 Å². The molecule has 0 fully saturated rings. The molecule has 21 heavy (non-hydrogen) atoms. The van der Waals surface area contributed by atoms with Crippen LogP contribution >= 0.6 is 27.3 Å². The second kappa shape index (κ2) is 7.08. The van der Waals surface area contributed by atoms with E-state index in [0.717, 1.165) is 13.0 Å². The van der Waals surface area contributed by atoms with E-state index in [4.69, 9.17) is 0 Å². The highest BCUT2D eigenvalue weighted by molar-refractivity contribution is 9.10. The van der Waals surface area contributed by atoms with Crippen LogP contribution in [0, 0.1) is 0 Å². The first-order chi connectivity index (χ1) is 10.3. The fourth-order valence-corrected chi connectivity index (χ4v) is 4.80. The van der Waals surface area contributed by atoms with Crippen molar-refractivity contribution in [3.63, 3.8) is 0 Å². The molecule has 1 nitrogen and oxygen atoms in total. The zero-order chi connectivity index (χ0) is 14.7. The van der Waals surface area contributed by atoms with Gasteiger partial charge in [0.15, 0.2) is 0 Å². The molecule has 1 atom stereocenters. The van der Waals surface area contributed by atoms with Gasteiger partial charge in [0.05, 0.1) is 6.04 Å². The van der Waals surface area contributed by atoms with Crippen LogP contribution in [0.25, 0.3) is 0 Å². The van der Waals surface area contributed by atoms with E-state index in [1.807, 2.05) is 11.3 Å². The molecule has 1 unspecified atom stereocenters. The molecule has 0 amide bonds. The SMILES string of the molecule is CCCNC(c1ccc2c(c1)CCCC2)c1sccc1Br. The van der Waals surface area contributed by atoms with Gasteiger partial charge in [0.2, 0.25) is 0 Å². The third kappa shape index (κ3) is 3.41. The molecule has 3 rings (SSSR count). The number of rotatable bonds is 5. The first-order valence-electron chi connectivity index (χ1n) is 7.87. The van der Waals surface area contributed by atoms with Gasteiger partial charge in [-0.15, -0.1) is 11.3 Å². The molecule has 0 aliphatic heterocycles. The Morgan fingerprint density at radius 1 is 1.19 bits per heavy atom. The molecular formula is C18H22BrNS. The molecule has 3 heteroatoms. The largest absolute Gasteiger partial charge is 0.306 e. The van der Waals surface area contributed by atoms with Gasteiger partial charge in [-0.1, -0.05) is 25.1 Å². The number of hydrogen-bond donors (Lipinski definition) is 1. The van der Waals surface area contributed by atoms with Gasteiger partial charge in [-0.3, -0.25) is 0 Å². The van der Waals surface area contributed by atoms with Crippen LogP contribution in [0.4, 0.5) is 0 Å². The molecule has 1 aromatic carbocycles. The Labute approximate surface area is 139 Å². The summed E-state index contributed by atoms with van der Waals surface area (Å²) in [6.07, 6.45) is 6.34. The first kappa shape index (κ1) is 15.3. The maximum Gasteiger partial charge on any atom is 0.0682 e. The maximum atomic E-state index is 3.72. The summed E-state index contributed by atoms with van der Waals surface area (Å²) >= 11 is 5.53. The quantitative estimate of drug-likeness (QED) is 0.741. The van der Waals surface area contributed by atoms with E-state index in [1.54, 1.807) is 11.1 Å². The van der Waals surface area contributed by atoms with Crippen LogP contribution in [0.1, 0.15) is 53.8 Å². The zero-order valence-corrected chi connectivity index (χ0v) is 14.9. The second-order valence-electron chi connectivity index (χ2n) is 5.76. The molecule has 1 aliphatic carbocycles. The van der Waals surface area contributed by atoms with Crippen molar-refractivity contribution in [2.24, 2.45) is 0 Å². The van der Waals surface area contributed by atoms with Gasteiger partial charge in [-0.2, -0.15) is 0 Å². The summed E-state index contributed by atoms with van der Waals surface area (Å²) in [5, 5.41) is 5.88. The lowest BCUT2D eigenvalue weighted by atomic mass is 9.89. The van der Waals surface area contributed by atoms with E-state index in [1.165, 1.54) is 40.6 Å². The van der Waals surface area contributed by atoms with Crippen LogP contribution < -0.4 is 5.32 Å². The minimum atomic E-state index is 0.312. The minimum absolute atomic E-state index is 0.312. The first-order valence-corrected chi connectivity index (χ1v) is 9.55. The molecule has 0 saturated heterocycles. The normalized spacial score (nSPS) is 15.7. The third-order valence-electron chi connectivity index (χ3n) is 4.21. The number of benzene rings is 1. The predicted molar refractivity (Wildman–Crippen MR) is 95.2 cm³/mol. The molecule has 1 aliphatic rings. The molecule has 0 saturated carbocycles. The molecule has 0 radical (unpaired) electrons. The zero-order valence-electron chi connectivity index (χ0n) is 12.5. The molecule has 0 bridgehead atoms. The lowest BCUT2D eigenvalue weighted by Gasteiger charge is -2.22. The van der Waals surface area contributed by atoms with Gasteiger partial charge in [0.25, 0.3) is 0 Å². The van der Waals surface area contributed by atoms with Crippen molar-refractivity contribution < 1.29 is 0 Å². The number of aryl methyl sites for hydroxylation is 2. The van der Waals surface area contributed by atoms with Gasteiger partial charge in [0, 0.05) is 9.35 Å². The number of nitrogens with one attached hydrogen (secondary N) is 1. The molecule has 0 spiro atoms. The standard InChI is InChI=1S/C18H22BrNS/c1-2-10-20-17(18-16(19)9-11-21-18)15-8-7-13-5-3-4-6-14(13)12-15/h7-9,11-12,17,20H,2-6,10H2,1H3. The van der Waals surface area contributed by atoms with E-state index in [0.29, 0.717) is 6.04 Å². The van der Waals surface area contributed by atoms with Crippen molar-refractivity contribution in [2.75, 3.05) is 6.54 Å². The Balaban J connectivity index is 1.94. The van der Waals surface area contributed by atoms with Crippen molar-refractivity contribution in [1.29, 1.82) is 0 Å². The smallest absolute Gasteiger partial charge is 0.0682 e. The third-order valence-corrected chi connectivity index (χ3v) is 6.15.